The molecule has 25 nitrogen and oxygen atoms in total. The Kier molecular flexibility index (Phi) is 19.9. The quantitative estimate of drug-likeness (QED) is 0.0226. The van der Waals surface area contributed by atoms with Crippen LogP contribution in [-0.4, -0.2) is 131 Å². The number of nitrogens with one attached hydrogen (secondary N) is 1. The Balaban J connectivity index is 0.874. The average molecular weight is 1050 g/mol. The number of H-pyrrole nitrogens is 1. The van der Waals surface area contributed by atoms with Crippen molar-refractivity contribution >= 4 is 49.0 Å². The first kappa shape index (κ1) is 53.9. The van der Waals surface area contributed by atoms with Crippen LogP contribution in [0.4, 0.5) is 5.82 Å². The Morgan fingerprint density at radius 2 is 1.58 bits per heavy atom. The summed E-state index contributed by atoms with van der Waals surface area (Å²) in [5.41, 5.74) is 11.8. The van der Waals surface area contributed by atoms with Crippen molar-refractivity contribution in [2.75, 3.05) is 78.9 Å². The highest BCUT2D eigenvalue weighted by Crippen LogP contribution is 2.61. The van der Waals surface area contributed by atoms with Gasteiger partial charge in [0.25, 0.3) is 5.56 Å². The molecule has 2 aliphatic heterocycles. The number of nitrogen functional groups attached to an aromatic ring is 1. The van der Waals surface area contributed by atoms with Gasteiger partial charge in [0.2, 0.25) is 0 Å². The minimum atomic E-state index is -4.82. The molecule has 5 aromatic rings. The van der Waals surface area contributed by atoms with Crippen LogP contribution >= 0.6 is 26.0 Å². The van der Waals surface area contributed by atoms with Crippen LogP contribution in [0.1, 0.15) is 54.1 Å². The molecule has 28 heteroatoms. The predicted octanol–water partition coefficient (Wildman–Crippen LogP) is 4.13. The second-order valence-electron chi connectivity index (χ2n) is 15.7. The topological polar surface area (TPSA) is 323 Å². The Bertz CT molecular complexity index is 2710. The maximum absolute atomic E-state index is 13.9. The fourth-order valence-electron chi connectivity index (χ4n) is 7.17. The number of phosphoric acid groups is 1. The van der Waals surface area contributed by atoms with Gasteiger partial charge in [-0.05, 0) is 79.2 Å². The van der Waals surface area contributed by atoms with Gasteiger partial charge in [0, 0.05) is 38.2 Å². The number of carbonyl (C=O) groups excluding carboxylic acids is 1. The predicted molar refractivity (Wildman–Crippen MR) is 255 cm³/mol. The highest BCUT2D eigenvalue weighted by Gasteiger charge is 2.44. The Labute approximate surface area is 410 Å². The normalized spacial score (nSPS) is 20.7. The number of fused-ring (bicyclic) bond motifs is 1. The van der Waals surface area contributed by atoms with Gasteiger partial charge < -0.3 is 54.0 Å². The van der Waals surface area contributed by atoms with E-state index >= 15 is 0 Å². The van der Waals surface area contributed by atoms with Crippen LogP contribution in [0.5, 0.6) is 11.5 Å². The number of phosphoric ester groups is 1. The summed E-state index contributed by atoms with van der Waals surface area (Å²) in [7, 11) is -3.60. The summed E-state index contributed by atoms with van der Waals surface area (Å²) >= 11 is 0.878. The fraction of sp³-hybridized carbons (Fsp3) is 0.488. The van der Waals surface area contributed by atoms with Crippen LogP contribution in [0.3, 0.4) is 0 Å². The molecule has 0 amide bonds. The number of benzene rings is 2. The monoisotopic (exact) mass is 1050 g/mol. The molecule has 0 aliphatic carbocycles. The third-order valence-corrected chi connectivity index (χ3v) is 15.6. The number of carbonyl (C=O) groups is 1. The molecule has 0 bridgehead atoms. The first-order valence-corrected chi connectivity index (χ1v) is 27.1. The van der Waals surface area contributed by atoms with E-state index in [1.807, 2.05) is 0 Å². The fourth-order valence-corrected chi connectivity index (χ4v) is 10.9. The molecule has 0 radical (unpaired) electrons. The number of esters is 1. The molecule has 7 atom stereocenters. The molecular formula is C43H56N8O17P2S. The van der Waals surface area contributed by atoms with Crippen molar-refractivity contribution in [3.63, 3.8) is 0 Å². The smallest absolute Gasteiger partial charge is 0.472 e. The summed E-state index contributed by atoms with van der Waals surface area (Å²) in [6, 6.07) is 14.3. The molecule has 386 valence electrons. The second kappa shape index (κ2) is 26.2. The number of hydrogen-bond acceptors (Lipinski definition) is 22. The molecule has 2 aliphatic rings. The number of hydrogen-bond donors (Lipinski definition) is 4. The Morgan fingerprint density at radius 3 is 2.30 bits per heavy atom. The minimum Gasteiger partial charge on any atom is -0.491 e. The molecule has 6 N–H and O–H groups in total. The number of aromatic nitrogens is 6. The zero-order valence-corrected chi connectivity index (χ0v) is 41.2. The summed E-state index contributed by atoms with van der Waals surface area (Å²) in [4.78, 5) is 62.3. The number of ether oxygens (including phenoxy) is 7. The van der Waals surface area contributed by atoms with Gasteiger partial charge in [-0.15, -0.1) is 0 Å². The van der Waals surface area contributed by atoms with Crippen LogP contribution in [0, 0.1) is 0 Å². The number of rotatable bonds is 29. The van der Waals surface area contributed by atoms with Crippen LogP contribution in [0.25, 0.3) is 11.2 Å². The molecule has 71 heavy (non-hydrogen) atoms. The van der Waals surface area contributed by atoms with Crippen molar-refractivity contribution in [3.05, 3.63) is 105 Å². The summed E-state index contributed by atoms with van der Waals surface area (Å²) in [6.45, 7) is -0.935. The molecular weight excluding hydrogens is 995 g/mol. The number of imidazole rings is 1. The first-order valence-electron chi connectivity index (χ1n) is 22.4. The van der Waals surface area contributed by atoms with Gasteiger partial charge in [0.1, 0.15) is 54.6 Å². The first-order chi connectivity index (χ1) is 34.3. The zero-order chi connectivity index (χ0) is 50.2. The van der Waals surface area contributed by atoms with E-state index in [4.69, 9.17) is 62.7 Å². The van der Waals surface area contributed by atoms with E-state index in [1.54, 1.807) is 53.1 Å². The van der Waals surface area contributed by atoms with E-state index in [1.165, 1.54) is 36.6 Å². The van der Waals surface area contributed by atoms with Crippen molar-refractivity contribution < 1.29 is 70.1 Å². The largest absolute Gasteiger partial charge is 0.491 e. The molecule has 0 saturated carbocycles. The number of nitrogens with zero attached hydrogens (tertiary/aromatic N) is 5. The highest BCUT2D eigenvalue weighted by molar-refractivity contribution is 8.54. The standard InChI is InChI=1S/C43H56N8O17P2S/c1-58-70(57,71-26-29-3-7-32(8-4-29)66-42(53)30-5-9-31(10-6-30)62-22-21-61-20-19-60-18-17-59-16-2-14-44)64-25-35-34(23-38(67-35)51-28-48-39-40(45)46-27-47-41(39)51)68-69(55,56)63-24-33-11-12-37(65-33)50-15-13-36(52)49-43(50)54/h3-10,13,15,27-28,33-35,37-38H,2,11-12,14,16-26,44H2,1H3,(H,55,56)(H2,45,46,47)(H,49,52,54)/t33-,34-,35+,37+,38+,70?/m0/s1. The lowest BCUT2D eigenvalue weighted by Crippen LogP contribution is -2.31. The third kappa shape index (κ3) is 15.8. The number of aromatic amines is 1. The Hall–Kier alpha value is -4.89. The molecule has 7 rings (SSSR count). The minimum absolute atomic E-state index is 0.0307. The van der Waals surface area contributed by atoms with Crippen LogP contribution in [0.2, 0.25) is 0 Å². The van der Waals surface area contributed by atoms with E-state index in [2.05, 4.69) is 19.9 Å². The zero-order valence-electron chi connectivity index (χ0n) is 38.6. The van der Waals surface area contributed by atoms with Gasteiger partial charge in [-0.1, -0.05) is 12.1 Å². The van der Waals surface area contributed by atoms with E-state index in [0.717, 1.165) is 17.8 Å². The third-order valence-electron chi connectivity index (χ3n) is 10.8. The van der Waals surface area contributed by atoms with E-state index in [-0.39, 0.29) is 30.3 Å². The molecule has 0 spiro atoms. The molecule has 2 unspecified atom stereocenters. The SMILES string of the molecule is COP(=O)(OC[C@H]1O[C@@H](n2cnc3c(N)ncnc32)C[C@@H]1OP(=O)(O)OC[C@@H]1CC[C@H](n2ccc(=O)[nH]c2=O)O1)SCc1ccc(OC(=O)c2ccc(OCCOCCOCCOCCCN)cc2)cc1. The van der Waals surface area contributed by atoms with Gasteiger partial charge in [-0.25, -0.2) is 33.7 Å². The van der Waals surface area contributed by atoms with Crippen LogP contribution in [-0.2, 0) is 56.7 Å². The van der Waals surface area contributed by atoms with Gasteiger partial charge in [-0.3, -0.25) is 32.5 Å². The maximum atomic E-state index is 13.9. The van der Waals surface area contributed by atoms with Gasteiger partial charge in [0.15, 0.2) is 11.5 Å². The second-order valence-corrected chi connectivity index (χ2v) is 21.3. The van der Waals surface area contributed by atoms with E-state index in [9.17, 15) is 28.4 Å². The maximum Gasteiger partial charge on any atom is 0.472 e. The lowest BCUT2D eigenvalue weighted by molar-refractivity contribution is -0.0459. The average Bonchev–Trinajstić information content (AvgIpc) is 4.12. The highest BCUT2D eigenvalue weighted by atomic mass is 32.7. The summed E-state index contributed by atoms with van der Waals surface area (Å²) in [5.74, 6) is 0.543. The summed E-state index contributed by atoms with van der Waals surface area (Å²) in [6.07, 6.45) is 0.986. The summed E-state index contributed by atoms with van der Waals surface area (Å²) < 4.78 is 92.0. The van der Waals surface area contributed by atoms with Crippen LogP contribution < -0.4 is 32.2 Å². The van der Waals surface area contributed by atoms with Gasteiger partial charge in [0.05, 0.1) is 64.2 Å². The van der Waals surface area contributed by atoms with Crippen molar-refractivity contribution in [1.82, 2.24) is 29.1 Å². The molecule has 3 aromatic heterocycles. The van der Waals surface area contributed by atoms with Crippen molar-refractivity contribution in [1.29, 1.82) is 0 Å². The number of anilines is 1. The van der Waals surface area contributed by atoms with E-state index < -0.39 is 69.2 Å². The molecule has 2 fully saturated rings. The lowest BCUT2D eigenvalue weighted by Gasteiger charge is -2.23. The molecule has 5 heterocycles. The lowest BCUT2D eigenvalue weighted by atomic mass is 10.2. The summed E-state index contributed by atoms with van der Waals surface area (Å²) in [5, 5.41) is 0. The molecule has 2 aromatic carbocycles. The van der Waals surface area contributed by atoms with Crippen molar-refractivity contribution in [2.24, 2.45) is 5.73 Å². The Morgan fingerprint density at radius 1 is 0.859 bits per heavy atom. The van der Waals surface area contributed by atoms with Gasteiger partial charge in [-0.2, -0.15) is 0 Å². The van der Waals surface area contributed by atoms with Crippen molar-refractivity contribution in [3.8, 4) is 11.5 Å². The number of nitrogens with two attached hydrogens (primary N) is 2. The molecule has 2 saturated heterocycles. The van der Waals surface area contributed by atoms with Crippen LogP contribution in [0.15, 0.2) is 83.0 Å². The van der Waals surface area contributed by atoms with E-state index in [0.29, 0.717) is 93.7 Å². The van der Waals surface area contributed by atoms with Crippen molar-refractivity contribution in [2.45, 2.75) is 62.2 Å². The van der Waals surface area contributed by atoms with Gasteiger partial charge >= 0.3 is 26.3 Å².